The zero-order chi connectivity index (χ0) is 18.1. The molecule has 0 bridgehead atoms. The molecule has 2 aliphatic rings. The minimum absolute atomic E-state index is 0.0162. The molecule has 4 rings (SSSR count). The maximum atomic E-state index is 12.7. The Labute approximate surface area is 153 Å². The highest BCUT2D eigenvalue weighted by Gasteiger charge is 2.39. The van der Waals surface area contributed by atoms with Gasteiger partial charge >= 0.3 is 0 Å². The van der Waals surface area contributed by atoms with Crippen molar-refractivity contribution in [2.45, 2.75) is 44.6 Å². The number of rotatable bonds is 5. The summed E-state index contributed by atoms with van der Waals surface area (Å²) in [6.45, 7) is 1.26. The fraction of sp³-hybridized carbons (Fsp3) is 0.550. The summed E-state index contributed by atoms with van der Waals surface area (Å²) in [6.07, 6.45) is 5.43. The van der Waals surface area contributed by atoms with E-state index in [0.29, 0.717) is 13.0 Å². The summed E-state index contributed by atoms with van der Waals surface area (Å²) in [5.41, 5.74) is 2.08. The van der Waals surface area contributed by atoms with Gasteiger partial charge < -0.3 is 14.8 Å². The smallest absolute Gasteiger partial charge is 0.242 e. The highest BCUT2D eigenvalue weighted by atomic mass is 16.2. The second-order valence-corrected chi connectivity index (χ2v) is 7.43. The molecule has 1 aromatic carbocycles. The maximum absolute atomic E-state index is 12.7. The Morgan fingerprint density at radius 3 is 2.77 bits per heavy atom. The average molecular weight is 354 g/mol. The predicted molar refractivity (Wildman–Crippen MR) is 99.5 cm³/mol. The molecular weight excluding hydrogens is 328 g/mol. The van der Waals surface area contributed by atoms with Crippen LogP contribution in [0, 0.1) is 5.92 Å². The number of imidazole rings is 1. The number of nitrogens with one attached hydrogen (secondary N) is 1. The van der Waals surface area contributed by atoms with Gasteiger partial charge in [-0.2, -0.15) is 0 Å². The van der Waals surface area contributed by atoms with Crippen molar-refractivity contribution >= 4 is 22.8 Å². The number of fused-ring (bicyclic) bond motifs is 1. The van der Waals surface area contributed by atoms with Gasteiger partial charge in [-0.05, 0) is 44.2 Å². The fourth-order valence-corrected chi connectivity index (χ4v) is 3.87. The molecular formula is C20H26N4O2. The van der Waals surface area contributed by atoms with Crippen LogP contribution in [0.2, 0.25) is 0 Å². The molecule has 2 fully saturated rings. The van der Waals surface area contributed by atoms with Crippen molar-refractivity contribution in [1.82, 2.24) is 19.8 Å². The first-order chi connectivity index (χ1) is 12.6. The number of hydrogen-bond acceptors (Lipinski definition) is 3. The van der Waals surface area contributed by atoms with Crippen LogP contribution in [0.1, 0.15) is 37.9 Å². The van der Waals surface area contributed by atoms with Crippen LogP contribution in [0.3, 0.4) is 0 Å². The van der Waals surface area contributed by atoms with Crippen LogP contribution < -0.4 is 5.32 Å². The van der Waals surface area contributed by atoms with Crippen LogP contribution in [0.25, 0.3) is 11.0 Å². The Kier molecular flexibility index (Phi) is 4.66. The molecule has 6 nitrogen and oxygen atoms in total. The van der Waals surface area contributed by atoms with Crippen LogP contribution in [-0.2, 0) is 23.1 Å². The van der Waals surface area contributed by atoms with E-state index in [1.165, 1.54) is 0 Å². The van der Waals surface area contributed by atoms with Gasteiger partial charge in [-0.1, -0.05) is 12.1 Å². The third-order valence-corrected chi connectivity index (χ3v) is 5.54. The molecule has 1 N–H and O–H groups in total. The molecule has 0 unspecified atom stereocenters. The second-order valence-electron chi connectivity index (χ2n) is 7.43. The molecule has 1 atom stereocenters. The minimum Gasteiger partial charge on any atom is -0.354 e. The van der Waals surface area contributed by atoms with Crippen molar-refractivity contribution in [3.05, 3.63) is 30.1 Å². The zero-order valence-electron chi connectivity index (χ0n) is 15.3. The monoisotopic (exact) mass is 354 g/mol. The number of carbonyl (C=O) groups excluding carboxylic acids is 2. The topological polar surface area (TPSA) is 67.2 Å². The van der Waals surface area contributed by atoms with E-state index in [4.69, 9.17) is 0 Å². The Bertz CT molecular complexity index is 824. The zero-order valence-corrected chi connectivity index (χ0v) is 15.3. The van der Waals surface area contributed by atoms with E-state index < -0.39 is 0 Å². The molecule has 2 aromatic rings. The van der Waals surface area contributed by atoms with Crippen LogP contribution >= 0.6 is 0 Å². The Balaban J connectivity index is 1.36. The van der Waals surface area contributed by atoms with E-state index in [2.05, 4.69) is 14.9 Å². The molecule has 0 radical (unpaired) electrons. The largest absolute Gasteiger partial charge is 0.354 e. The highest BCUT2D eigenvalue weighted by molar-refractivity contribution is 5.89. The standard InChI is InChI=1S/C20H26N4O2/c1-23-16-7-3-2-6-15(16)22-18(23)11-12-21-19(25)17-8-4-5-13-24(17)20(26)14-9-10-14/h2-3,6-7,14,17H,4-5,8-13H2,1H3,(H,21,25)/t17-/m0/s1. The number of para-hydroxylation sites is 2. The number of piperidine rings is 1. The summed E-state index contributed by atoms with van der Waals surface area (Å²) in [6, 6.07) is 7.74. The van der Waals surface area contributed by atoms with E-state index >= 15 is 0 Å². The number of likely N-dealkylation sites (tertiary alicyclic amines) is 1. The molecule has 1 aromatic heterocycles. The van der Waals surface area contributed by atoms with E-state index in [0.717, 1.165) is 55.5 Å². The van der Waals surface area contributed by atoms with Gasteiger partial charge in [0, 0.05) is 32.5 Å². The van der Waals surface area contributed by atoms with Crippen LogP contribution in [0.15, 0.2) is 24.3 Å². The summed E-state index contributed by atoms with van der Waals surface area (Å²) in [4.78, 5) is 31.6. The molecule has 6 heteroatoms. The first-order valence-corrected chi connectivity index (χ1v) is 9.63. The van der Waals surface area contributed by atoms with Gasteiger partial charge in [0.1, 0.15) is 11.9 Å². The number of hydrogen-bond donors (Lipinski definition) is 1. The highest BCUT2D eigenvalue weighted by Crippen LogP contribution is 2.33. The number of nitrogens with zero attached hydrogens (tertiary/aromatic N) is 3. The molecule has 1 saturated heterocycles. The van der Waals surface area contributed by atoms with Crippen molar-refractivity contribution in [3.8, 4) is 0 Å². The Morgan fingerprint density at radius 2 is 2.00 bits per heavy atom. The summed E-state index contributed by atoms with van der Waals surface area (Å²) in [7, 11) is 2.00. The van der Waals surface area contributed by atoms with Crippen LogP contribution in [0.4, 0.5) is 0 Å². The van der Waals surface area contributed by atoms with Gasteiger partial charge in [0.25, 0.3) is 0 Å². The van der Waals surface area contributed by atoms with Gasteiger partial charge in [0.05, 0.1) is 11.0 Å². The Morgan fingerprint density at radius 1 is 1.19 bits per heavy atom. The lowest BCUT2D eigenvalue weighted by molar-refractivity contribution is -0.143. The van der Waals surface area contributed by atoms with Crippen molar-refractivity contribution in [1.29, 1.82) is 0 Å². The third kappa shape index (κ3) is 3.32. The van der Waals surface area contributed by atoms with Gasteiger partial charge in [-0.25, -0.2) is 4.98 Å². The first-order valence-electron chi connectivity index (χ1n) is 9.63. The summed E-state index contributed by atoms with van der Waals surface area (Å²) >= 11 is 0. The third-order valence-electron chi connectivity index (χ3n) is 5.54. The first kappa shape index (κ1) is 17.1. The average Bonchev–Trinajstić information content (AvgIpc) is 3.47. The van der Waals surface area contributed by atoms with Crippen molar-refractivity contribution in [3.63, 3.8) is 0 Å². The number of aryl methyl sites for hydroxylation is 1. The number of carbonyl (C=O) groups is 2. The fourth-order valence-electron chi connectivity index (χ4n) is 3.87. The van der Waals surface area contributed by atoms with E-state index in [1.807, 2.05) is 36.2 Å². The van der Waals surface area contributed by atoms with E-state index in [1.54, 1.807) is 0 Å². The van der Waals surface area contributed by atoms with E-state index in [9.17, 15) is 9.59 Å². The summed E-state index contributed by atoms with van der Waals surface area (Å²) in [5.74, 6) is 1.29. The molecule has 2 amide bonds. The van der Waals surface area contributed by atoms with Crippen LogP contribution in [0.5, 0.6) is 0 Å². The number of amides is 2. The second kappa shape index (κ2) is 7.09. The lowest BCUT2D eigenvalue weighted by atomic mass is 10.0. The van der Waals surface area contributed by atoms with Crippen molar-refractivity contribution in [2.24, 2.45) is 13.0 Å². The molecule has 1 aliphatic heterocycles. The van der Waals surface area contributed by atoms with Gasteiger partial charge in [0.2, 0.25) is 11.8 Å². The Hall–Kier alpha value is -2.37. The normalized spacial score (nSPS) is 20.3. The molecule has 1 saturated carbocycles. The van der Waals surface area contributed by atoms with Crippen molar-refractivity contribution in [2.75, 3.05) is 13.1 Å². The van der Waals surface area contributed by atoms with E-state index in [-0.39, 0.29) is 23.8 Å². The van der Waals surface area contributed by atoms with Gasteiger partial charge in [0.15, 0.2) is 0 Å². The molecule has 1 aliphatic carbocycles. The quantitative estimate of drug-likeness (QED) is 0.893. The summed E-state index contributed by atoms with van der Waals surface area (Å²) < 4.78 is 2.07. The lowest BCUT2D eigenvalue weighted by Crippen LogP contribution is -2.52. The minimum atomic E-state index is -0.294. The maximum Gasteiger partial charge on any atom is 0.242 e. The van der Waals surface area contributed by atoms with Gasteiger partial charge in [-0.15, -0.1) is 0 Å². The molecule has 138 valence electrons. The molecule has 26 heavy (non-hydrogen) atoms. The molecule has 2 heterocycles. The SMILES string of the molecule is Cn1c(CCNC(=O)[C@@H]2CCCCN2C(=O)C2CC2)nc2ccccc21. The van der Waals surface area contributed by atoms with Gasteiger partial charge in [-0.3, -0.25) is 9.59 Å². The summed E-state index contributed by atoms with van der Waals surface area (Å²) in [5, 5.41) is 3.03. The van der Waals surface area contributed by atoms with Crippen LogP contribution in [-0.4, -0.2) is 45.4 Å². The number of benzene rings is 1. The number of aromatic nitrogens is 2. The molecule has 0 spiro atoms. The van der Waals surface area contributed by atoms with Crippen molar-refractivity contribution < 1.29 is 9.59 Å². The lowest BCUT2D eigenvalue weighted by Gasteiger charge is -2.34. The predicted octanol–water partition coefficient (Wildman–Crippen LogP) is 2.02.